The van der Waals surface area contributed by atoms with Gasteiger partial charge in [-0.1, -0.05) is 0 Å². The molecule has 0 unspecified atom stereocenters. The first-order valence-corrected chi connectivity index (χ1v) is 5.58. The maximum Gasteiger partial charge on any atom is 0.336 e. The molecule has 1 aromatic carbocycles. The van der Waals surface area contributed by atoms with Gasteiger partial charge in [0.15, 0.2) is 0 Å². The summed E-state index contributed by atoms with van der Waals surface area (Å²) < 4.78 is 2.06. The second-order valence-electron chi connectivity index (χ2n) is 4.26. The number of carboxylic acids is 1. The average Bonchev–Trinajstić information content (AvgIpc) is 2.54. The van der Waals surface area contributed by atoms with Crippen LogP contribution in [-0.2, 0) is 6.54 Å². The molecule has 0 aliphatic rings. The summed E-state index contributed by atoms with van der Waals surface area (Å²) in [5.41, 5.74) is 8.76. The zero-order valence-corrected chi connectivity index (χ0v) is 10.0. The smallest absolute Gasteiger partial charge is 0.336 e. The highest BCUT2D eigenvalue weighted by Gasteiger charge is 2.12. The predicted octanol–water partition coefficient (Wildman–Crippen LogP) is 1.92. The Labute approximate surface area is 99.7 Å². The van der Waals surface area contributed by atoms with E-state index in [1.807, 2.05) is 19.9 Å². The molecule has 1 aromatic heterocycles. The van der Waals surface area contributed by atoms with Crippen LogP contribution >= 0.6 is 0 Å². The fourth-order valence-electron chi connectivity index (χ4n) is 2.22. The first-order valence-electron chi connectivity index (χ1n) is 5.58. The van der Waals surface area contributed by atoms with Crippen molar-refractivity contribution in [3.8, 4) is 0 Å². The van der Waals surface area contributed by atoms with Crippen molar-refractivity contribution in [1.82, 2.24) is 4.57 Å². The summed E-state index contributed by atoms with van der Waals surface area (Å²) in [7, 11) is 0. The van der Waals surface area contributed by atoms with Crippen LogP contribution in [0.1, 0.15) is 21.6 Å². The number of aryl methyl sites for hydroxylation is 2. The standard InChI is InChI=1S/C13H16N2O2/c1-8-5-10-6-9(2)15(4-3-14)12(10)7-11(8)13(16)17/h5-7H,3-4,14H2,1-2H3,(H,16,17). The van der Waals surface area contributed by atoms with E-state index in [4.69, 9.17) is 10.8 Å². The highest BCUT2D eigenvalue weighted by Crippen LogP contribution is 2.23. The van der Waals surface area contributed by atoms with Gasteiger partial charge in [-0.05, 0) is 37.6 Å². The van der Waals surface area contributed by atoms with Crippen LogP contribution < -0.4 is 5.73 Å². The number of hydrogen-bond donors (Lipinski definition) is 2. The van der Waals surface area contributed by atoms with Gasteiger partial charge in [0.2, 0.25) is 0 Å². The van der Waals surface area contributed by atoms with E-state index < -0.39 is 5.97 Å². The number of benzene rings is 1. The number of hydrogen-bond acceptors (Lipinski definition) is 2. The molecule has 4 nitrogen and oxygen atoms in total. The van der Waals surface area contributed by atoms with Gasteiger partial charge in [0.25, 0.3) is 0 Å². The van der Waals surface area contributed by atoms with Gasteiger partial charge in [-0.25, -0.2) is 4.79 Å². The molecular weight excluding hydrogens is 216 g/mol. The molecule has 90 valence electrons. The third-order valence-corrected chi connectivity index (χ3v) is 3.04. The summed E-state index contributed by atoms with van der Waals surface area (Å²) >= 11 is 0. The first kappa shape index (κ1) is 11.7. The third kappa shape index (κ3) is 1.91. The van der Waals surface area contributed by atoms with E-state index in [2.05, 4.69) is 10.6 Å². The topological polar surface area (TPSA) is 68.2 Å². The van der Waals surface area contributed by atoms with Crippen molar-refractivity contribution in [3.63, 3.8) is 0 Å². The van der Waals surface area contributed by atoms with E-state index in [0.29, 0.717) is 18.7 Å². The van der Waals surface area contributed by atoms with Gasteiger partial charge in [0.05, 0.1) is 5.56 Å². The fourth-order valence-corrected chi connectivity index (χ4v) is 2.22. The zero-order chi connectivity index (χ0) is 12.6. The Balaban J connectivity index is 2.72. The normalized spacial score (nSPS) is 11.0. The van der Waals surface area contributed by atoms with E-state index in [-0.39, 0.29) is 0 Å². The summed E-state index contributed by atoms with van der Waals surface area (Å²) in [6, 6.07) is 5.71. The summed E-state index contributed by atoms with van der Waals surface area (Å²) in [4.78, 5) is 11.1. The van der Waals surface area contributed by atoms with Crippen molar-refractivity contribution in [1.29, 1.82) is 0 Å². The lowest BCUT2D eigenvalue weighted by Crippen LogP contribution is -2.11. The molecule has 3 N–H and O–H groups in total. The van der Waals surface area contributed by atoms with Gasteiger partial charge < -0.3 is 15.4 Å². The van der Waals surface area contributed by atoms with Gasteiger partial charge in [-0.2, -0.15) is 0 Å². The largest absolute Gasteiger partial charge is 0.478 e. The first-order chi connectivity index (χ1) is 8.04. The number of aromatic carboxylic acids is 1. The van der Waals surface area contributed by atoms with Gasteiger partial charge >= 0.3 is 5.97 Å². The van der Waals surface area contributed by atoms with Crippen LogP contribution in [0.3, 0.4) is 0 Å². The van der Waals surface area contributed by atoms with E-state index in [0.717, 1.165) is 22.2 Å². The van der Waals surface area contributed by atoms with Crippen LogP contribution in [0.15, 0.2) is 18.2 Å². The van der Waals surface area contributed by atoms with Crippen LogP contribution in [0.4, 0.5) is 0 Å². The lowest BCUT2D eigenvalue weighted by molar-refractivity contribution is 0.0696. The Kier molecular flexibility index (Phi) is 2.90. The molecule has 4 heteroatoms. The number of rotatable bonds is 3. The minimum Gasteiger partial charge on any atom is -0.478 e. The molecule has 1 heterocycles. The fraction of sp³-hybridized carbons (Fsp3) is 0.308. The van der Waals surface area contributed by atoms with Gasteiger partial charge in [-0.3, -0.25) is 0 Å². The third-order valence-electron chi connectivity index (χ3n) is 3.04. The molecule has 0 amide bonds. The molecule has 0 fully saturated rings. The second-order valence-corrected chi connectivity index (χ2v) is 4.26. The molecule has 0 spiro atoms. The molecular formula is C13H16N2O2. The average molecular weight is 232 g/mol. The predicted molar refractivity (Wildman–Crippen MR) is 67.4 cm³/mol. The van der Waals surface area contributed by atoms with Gasteiger partial charge in [0, 0.05) is 29.7 Å². The van der Waals surface area contributed by atoms with Crippen molar-refractivity contribution in [3.05, 3.63) is 35.0 Å². The molecule has 0 aliphatic heterocycles. The van der Waals surface area contributed by atoms with Gasteiger partial charge in [0.1, 0.15) is 0 Å². The van der Waals surface area contributed by atoms with Crippen molar-refractivity contribution >= 4 is 16.9 Å². The molecule has 2 aromatic rings. The maximum absolute atomic E-state index is 11.1. The quantitative estimate of drug-likeness (QED) is 0.849. The summed E-state index contributed by atoms with van der Waals surface area (Å²) in [6.07, 6.45) is 0. The summed E-state index contributed by atoms with van der Waals surface area (Å²) in [5, 5.41) is 10.2. The number of carbonyl (C=O) groups is 1. The maximum atomic E-state index is 11.1. The molecule has 0 saturated carbocycles. The molecule has 0 atom stereocenters. The van der Waals surface area contributed by atoms with E-state index in [9.17, 15) is 4.79 Å². The zero-order valence-electron chi connectivity index (χ0n) is 10.0. The molecule has 2 rings (SSSR count). The Morgan fingerprint density at radius 3 is 2.65 bits per heavy atom. The SMILES string of the molecule is Cc1cc2cc(C)n(CCN)c2cc1C(=O)O. The Hall–Kier alpha value is -1.81. The van der Waals surface area contributed by atoms with Crippen molar-refractivity contribution in [2.45, 2.75) is 20.4 Å². The van der Waals surface area contributed by atoms with Crippen LogP contribution in [0, 0.1) is 13.8 Å². The molecule has 0 radical (unpaired) electrons. The summed E-state index contributed by atoms with van der Waals surface area (Å²) in [6.45, 7) is 5.07. The molecule has 0 bridgehead atoms. The lowest BCUT2D eigenvalue weighted by Gasteiger charge is -2.07. The Bertz CT molecular complexity index is 585. The second kappa shape index (κ2) is 4.22. The number of fused-ring (bicyclic) bond motifs is 1. The van der Waals surface area contributed by atoms with Crippen molar-refractivity contribution < 1.29 is 9.90 Å². The minimum atomic E-state index is -0.887. The molecule has 17 heavy (non-hydrogen) atoms. The summed E-state index contributed by atoms with van der Waals surface area (Å²) in [5.74, 6) is -0.887. The van der Waals surface area contributed by atoms with Crippen LogP contribution in [0.2, 0.25) is 0 Å². The monoisotopic (exact) mass is 232 g/mol. The van der Waals surface area contributed by atoms with Gasteiger partial charge in [-0.15, -0.1) is 0 Å². The van der Waals surface area contributed by atoms with Crippen molar-refractivity contribution in [2.75, 3.05) is 6.54 Å². The van der Waals surface area contributed by atoms with E-state index in [1.165, 1.54) is 0 Å². The Morgan fingerprint density at radius 2 is 2.06 bits per heavy atom. The minimum absolute atomic E-state index is 0.355. The number of nitrogens with two attached hydrogens (primary N) is 1. The van der Waals surface area contributed by atoms with Crippen LogP contribution in [0.5, 0.6) is 0 Å². The molecule has 0 saturated heterocycles. The highest BCUT2D eigenvalue weighted by atomic mass is 16.4. The Morgan fingerprint density at radius 1 is 1.35 bits per heavy atom. The van der Waals surface area contributed by atoms with Crippen LogP contribution in [0.25, 0.3) is 10.9 Å². The lowest BCUT2D eigenvalue weighted by atomic mass is 10.1. The van der Waals surface area contributed by atoms with E-state index in [1.54, 1.807) is 6.07 Å². The highest BCUT2D eigenvalue weighted by molar-refractivity contribution is 5.95. The van der Waals surface area contributed by atoms with E-state index >= 15 is 0 Å². The number of aromatic nitrogens is 1. The number of nitrogens with zero attached hydrogens (tertiary/aromatic N) is 1. The van der Waals surface area contributed by atoms with Crippen molar-refractivity contribution in [2.24, 2.45) is 5.73 Å². The van der Waals surface area contributed by atoms with Crippen LogP contribution in [-0.4, -0.2) is 22.2 Å². The number of carboxylic acid groups (broad SMARTS) is 1. The molecule has 0 aliphatic carbocycles.